The summed E-state index contributed by atoms with van der Waals surface area (Å²) in [7, 11) is 0. The first kappa shape index (κ1) is 14.8. The Balaban J connectivity index is 1.83. The van der Waals surface area contributed by atoms with Crippen LogP contribution in [0, 0.1) is 5.82 Å². The Hall–Kier alpha value is -2.16. The molecule has 1 aliphatic rings. The van der Waals surface area contributed by atoms with Gasteiger partial charge >= 0.3 is 0 Å². The smallest absolute Gasteiger partial charge is 0.235 e. The maximum absolute atomic E-state index is 14.3. The maximum atomic E-state index is 14.3. The van der Waals surface area contributed by atoms with Crippen LogP contribution in [0.25, 0.3) is 0 Å². The van der Waals surface area contributed by atoms with Gasteiger partial charge in [0.05, 0.1) is 10.6 Å². The number of hydrogen-bond acceptors (Lipinski definition) is 3. The van der Waals surface area contributed by atoms with Crippen molar-refractivity contribution >= 4 is 17.7 Å². The van der Waals surface area contributed by atoms with Gasteiger partial charge in [-0.3, -0.25) is 0 Å². The molecular formula is C17H13ClFNO2. The third-order valence-electron chi connectivity index (χ3n) is 3.74. The second kappa shape index (κ2) is 5.91. The number of nitrogens with zero attached hydrogens (tertiary/aromatic N) is 1. The number of hydrogen-bond donors (Lipinski definition) is 0. The Kier molecular flexibility index (Phi) is 3.97. The van der Waals surface area contributed by atoms with Crippen molar-refractivity contribution in [1.29, 1.82) is 0 Å². The first-order valence-corrected chi connectivity index (χ1v) is 7.28. The van der Waals surface area contributed by atoms with Crippen molar-refractivity contribution in [1.82, 2.24) is 0 Å². The molecule has 0 atom stereocenters. The minimum absolute atomic E-state index is 0.0140. The summed E-state index contributed by atoms with van der Waals surface area (Å²) >= 11 is 6.13. The van der Waals surface area contributed by atoms with E-state index in [1.807, 2.05) is 30.3 Å². The Morgan fingerprint density at radius 1 is 1.27 bits per heavy atom. The average molecular weight is 318 g/mol. The van der Waals surface area contributed by atoms with Crippen LogP contribution < -0.4 is 4.74 Å². The van der Waals surface area contributed by atoms with Crippen LogP contribution in [-0.2, 0) is 16.9 Å². The van der Waals surface area contributed by atoms with Gasteiger partial charge in [-0.25, -0.2) is 9.18 Å². The third-order valence-corrected chi connectivity index (χ3v) is 4.03. The van der Waals surface area contributed by atoms with E-state index < -0.39 is 11.4 Å². The van der Waals surface area contributed by atoms with Gasteiger partial charge in [-0.05, 0) is 36.1 Å². The van der Waals surface area contributed by atoms with Crippen molar-refractivity contribution in [3.05, 3.63) is 64.4 Å². The number of ether oxygens (including phenoxy) is 1. The van der Waals surface area contributed by atoms with E-state index in [1.165, 1.54) is 6.07 Å². The quantitative estimate of drug-likeness (QED) is 0.606. The molecule has 0 spiro atoms. The standard InChI is InChI=1S/C17H13ClFNO2/c18-14-8-13(17(6-7-17)20-11-21)9-15(19)16(14)22-10-12-4-2-1-3-5-12/h1-5,8-9H,6-7,10H2. The molecule has 0 bridgehead atoms. The fourth-order valence-corrected chi connectivity index (χ4v) is 2.63. The predicted octanol–water partition coefficient (Wildman–Crippen LogP) is 4.38. The number of isocyanates is 1. The van der Waals surface area contributed by atoms with Gasteiger partial charge in [0, 0.05) is 0 Å². The van der Waals surface area contributed by atoms with E-state index in [4.69, 9.17) is 16.3 Å². The molecule has 0 amide bonds. The minimum Gasteiger partial charge on any atom is -0.484 e. The summed E-state index contributed by atoms with van der Waals surface area (Å²) in [4.78, 5) is 14.3. The highest BCUT2D eigenvalue weighted by molar-refractivity contribution is 6.32. The van der Waals surface area contributed by atoms with Crippen molar-refractivity contribution < 1.29 is 13.9 Å². The summed E-state index contributed by atoms with van der Waals surface area (Å²) in [5.41, 5.74) is 0.862. The van der Waals surface area contributed by atoms with Crippen molar-refractivity contribution in [3.63, 3.8) is 0 Å². The molecule has 22 heavy (non-hydrogen) atoms. The van der Waals surface area contributed by atoms with Crippen molar-refractivity contribution in [3.8, 4) is 5.75 Å². The molecule has 1 aliphatic carbocycles. The highest BCUT2D eigenvalue weighted by Crippen LogP contribution is 2.50. The van der Waals surface area contributed by atoms with Crippen LogP contribution in [-0.4, -0.2) is 6.08 Å². The lowest BCUT2D eigenvalue weighted by atomic mass is 10.1. The normalized spacial score (nSPS) is 15.0. The first-order valence-electron chi connectivity index (χ1n) is 6.90. The fraction of sp³-hybridized carbons (Fsp3) is 0.235. The Labute approximate surface area is 132 Å². The molecule has 0 radical (unpaired) electrons. The van der Waals surface area contributed by atoms with E-state index in [-0.39, 0.29) is 17.4 Å². The Bertz CT molecular complexity index is 715. The lowest BCUT2D eigenvalue weighted by Crippen LogP contribution is -2.05. The lowest BCUT2D eigenvalue weighted by molar-refractivity contribution is 0.290. The van der Waals surface area contributed by atoms with E-state index >= 15 is 0 Å². The lowest BCUT2D eigenvalue weighted by Gasteiger charge is -2.13. The van der Waals surface area contributed by atoms with Gasteiger partial charge in [-0.15, -0.1) is 0 Å². The van der Waals surface area contributed by atoms with Crippen LogP contribution in [0.15, 0.2) is 47.5 Å². The maximum Gasteiger partial charge on any atom is 0.235 e. The molecule has 0 heterocycles. The molecule has 2 aromatic carbocycles. The summed E-state index contributed by atoms with van der Waals surface area (Å²) in [5.74, 6) is -0.536. The molecule has 0 unspecified atom stereocenters. The van der Waals surface area contributed by atoms with Crippen LogP contribution in [0.4, 0.5) is 4.39 Å². The molecule has 0 saturated heterocycles. The summed E-state index contributed by atoms with van der Waals surface area (Å²) in [6.45, 7) is 0.231. The van der Waals surface area contributed by atoms with E-state index in [0.717, 1.165) is 5.56 Å². The van der Waals surface area contributed by atoms with Gasteiger partial charge in [0.1, 0.15) is 6.61 Å². The zero-order valence-corrected chi connectivity index (χ0v) is 12.4. The Morgan fingerprint density at radius 3 is 2.59 bits per heavy atom. The summed E-state index contributed by atoms with van der Waals surface area (Å²) in [6, 6.07) is 12.4. The molecule has 0 aromatic heterocycles. The predicted molar refractivity (Wildman–Crippen MR) is 81.2 cm³/mol. The van der Waals surface area contributed by atoms with Gasteiger partial charge in [-0.2, -0.15) is 4.99 Å². The summed E-state index contributed by atoms with van der Waals surface area (Å²) in [5, 5.41) is 0.179. The van der Waals surface area contributed by atoms with Gasteiger partial charge in [-0.1, -0.05) is 41.9 Å². The summed E-state index contributed by atoms with van der Waals surface area (Å²) in [6.07, 6.45) is 2.94. The third kappa shape index (κ3) is 2.89. The number of rotatable bonds is 5. The van der Waals surface area contributed by atoms with Crippen LogP contribution in [0.2, 0.25) is 5.02 Å². The van der Waals surface area contributed by atoms with Crippen molar-refractivity contribution in [2.75, 3.05) is 0 Å². The second-order valence-electron chi connectivity index (χ2n) is 5.28. The molecule has 0 N–H and O–H groups in total. The zero-order valence-electron chi connectivity index (χ0n) is 11.7. The van der Waals surface area contributed by atoms with Crippen LogP contribution in [0.5, 0.6) is 5.75 Å². The van der Waals surface area contributed by atoms with Gasteiger partial charge in [0.2, 0.25) is 6.08 Å². The molecule has 1 fully saturated rings. The van der Waals surface area contributed by atoms with Gasteiger partial charge in [0.25, 0.3) is 0 Å². The minimum atomic E-state index is -0.649. The van der Waals surface area contributed by atoms with E-state index in [1.54, 1.807) is 12.1 Å². The van der Waals surface area contributed by atoms with Crippen LogP contribution >= 0.6 is 11.6 Å². The van der Waals surface area contributed by atoms with Crippen LogP contribution in [0.3, 0.4) is 0 Å². The van der Waals surface area contributed by atoms with Crippen molar-refractivity contribution in [2.45, 2.75) is 25.0 Å². The average Bonchev–Trinajstić information content (AvgIpc) is 3.29. The number of carbonyl (C=O) groups excluding carboxylic acids is 1. The highest BCUT2D eigenvalue weighted by Gasteiger charge is 2.45. The fourth-order valence-electron chi connectivity index (χ4n) is 2.37. The number of aliphatic imine (C=N–C) groups is 1. The summed E-state index contributed by atoms with van der Waals surface area (Å²) < 4.78 is 19.7. The molecular weight excluding hydrogens is 305 g/mol. The van der Waals surface area contributed by atoms with E-state index in [9.17, 15) is 9.18 Å². The SMILES string of the molecule is O=C=NC1(c2cc(F)c(OCc3ccccc3)c(Cl)c2)CC1. The second-order valence-corrected chi connectivity index (χ2v) is 5.69. The first-order chi connectivity index (χ1) is 10.6. The monoisotopic (exact) mass is 317 g/mol. The molecule has 5 heteroatoms. The van der Waals surface area contributed by atoms with Crippen molar-refractivity contribution in [2.24, 2.45) is 4.99 Å². The molecule has 3 nitrogen and oxygen atoms in total. The van der Waals surface area contributed by atoms with Crippen LogP contribution in [0.1, 0.15) is 24.0 Å². The van der Waals surface area contributed by atoms with Gasteiger partial charge < -0.3 is 4.74 Å². The van der Waals surface area contributed by atoms with E-state index in [0.29, 0.717) is 18.4 Å². The number of benzene rings is 2. The Morgan fingerprint density at radius 2 is 2.00 bits per heavy atom. The molecule has 1 saturated carbocycles. The zero-order chi connectivity index (χ0) is 15.6. The molecule has 112 valence electrons. The topological polar surface area (TPSA) is 38.7 Å². The molecule has 0 aliphatic heterocycles. The highest BCUT2D eigenvalue weighted by atomic mass is 35.5. The molecule has 2 aromatic rings. The largest absolute Gasteiger partial charge is 0.484 e. The van der Waals surface area contributed by atoms with E-state index in [2.05, 4.69) is 4.99 Å². The number of halogens is 2. The molecule has 3 rings (SSSR count). The van der Waals surface area contributed by atoms with Gasteiger partial charge in [0.15, 0.2) is 11.6 Å².